The summed E-state index contributed by atoms with van der Waals surface area (Å²) >= 11 is 0. The van der Waals surface area contributed by atoms with E-state index in [1.807, 2.05) is 11.9 Å². The van der Waals surface area contributed by atoms with Gasteiger partial charge in [-0.25, -0.2) is 9.18 Å². The fourth-order valence-electron chi connectivity index (χ4n) is 3.61. The topological polar surface area (TPSA) is 92.5 Å². The molecule has 174 valence electrons. The monoisotopic (exact) mass is 465 g/mol. The highest BCUT2D eigenvalue weighted by molar-refractivity contribution is 5.89. The van der Waals surface area contributed by atoms with Gasteiger partial charge in [0, 0.05) is 23.8 Å². The van der Waals surface area contributed by atoms with E-state index < -0.39 is 18.2 Å². The number of hydrogen-bond donors (Lipinski definition) is 2. The van der Waals surface area contributed by atoms with Gasteiger partial charge in [0.15, 0.2) is 0 Å². The average molecular weight is 465 g/mol. The maximum atomic E-state index is 13.3. The van der Waals surface area contributed by atoms with E-state index >= 15 is 0 Å². The van der Waals surface area contributed by atoms with E-state index in [2.05, 4.69) is 25.5 Å². The number of alkyl halides is 3. The molecule has 2 unspecified atom stereocenters. The van der Waals surface area contributed by atoms with Crippen LogP contribution < -0.4 is 15.4 Å². The predicted molar refractivity (Wildman–Crippen MR) is 109 cm³/mol. The molecule has 2 atom stereocenters. The van der Waals surface area contributed by atoms with Gasteiger partial charge in [-0.05, 0) is 55.9 Å². The first-order valence-electron chi connectivity index (χ1n) is 9.89. The Labute approximate surface area is 185 Å². The zero-order valence-electron chi connectivity index (χ0n) is 17.3. The number of rotatable bonds is 5. The Balaban J connectivity index is 1.37. The predicted octanol–water partition coefficient (Wildman–Crippen LogP) is 4.34. The fourth-order valence-corrected chi connectivity index (χ4v) is 3.61. The highest BCUT2D eigenvalue weighted by atomic mass is 19.4. The zero-order chi connectivity index (χ0) is 23.6. The third-order valence-corrected chi connectivity index (χ3v) is 5.04. The number of carbonyl (C=O) groups is 1. The van der Waals surface area contributed by atoms with Crippen LogP contribution in [0.1, 0.15) is 18.4 Å². The Bertz CT molecular complexity index is 1120. The van der Waals surface area contributed by atoms with Crippen molar-refractivity contribution in [2.75, 3.05) is 18.9 Å². The van der Waals surface area contributed by atoms with E-state index in [1.165, 1.54) is 30.3 Å². The van der Waals surface area contributed by atoms with Gasteiger partial charge in [0.2, 0.25) is 11.7 Å². The third kappa shape index (κ3) is 5.77. The summed E-state index contributed by atoms with van der Waals surface area (Å²) < 4.78 is 59.4. The van der Waals surface area contributed by atoms with E-state index in [1.54, 1.807) is 6.07 Å². The molecular formula is C21H19F4N5O3. The molecule has 2 N–H and O–H groups in total. The van der Waals surface area contributed by atoms with Gasteiger partial charge >= 0.3 is 12.4 Å². The van der Waals surface area contributed by atoms with Crippen molar-refractivity contribution in [2.45, 2.75) is 24.9 Å². The average Bonchev–Trinajstić information content (AvgIpc) is 3.34. The molecule has 0 bridgehead atoms. The number of ether oxygens (including phenoxy) is 1. The number of nitrogens with zero attached hydrogens (tertiary/aromatic N) is 3. The van der Waals surface area contributed by atoms with Crippen molar-refractivity contribution in [1.82, 2.24) is 20.4 Å². The second-order valence-electron chi connectivity index (χ2n) is 7.53. The molecule has 1 aromatic heterocycles. The Morgan fingerprint density at radius 3 is 2.67 bits per heavy atom. The van der Waals surface area contributed by atoms with E-state index in [4.69, 9.17) is 4.52 Å². The standard InChI is InChI=1S/C21H19F4N5O3/c1-30-11-15(27-20(31)26-14-4-2-3-13(22)9-14)10-17(30)19-28-18(29-33-19)12-5-7-16(8-6-12)32-21(23,24)25/h2-9,15,17H,10-11H2,1H3,(H2,26,27,31). The molecule has 0 spiro atoms. The molecule has 1 fully saturated rings. The molecule has 3 aromatic rings. The first-order valence-corrected chi connectivity index (χ1v) is 9.89. The molecular weight excluding hydrogens is 446 g/mol. The molecule has 2 heterocycles. The summed E-state index contributed by atoms with van der Waals surface area (Å²) in [5.74, 6) is -0.269. The summed E-state index contributed by atoms with van der Waals surface area (Å²) in [4.78, 5) is 18.5. The second kappa shape index (κ2) is 9.06. The van der Waals surface area contributed by atoms with E-state index in [0.717, 1.165) is 12.1 Å². The lowest BCUT2D eigenvalue weighted by Crippen LogP contribution is -2.39. The molecule has 0 saturated carbocycles. The van der Waals surface area contributed by atoms with E-state index in [-0.39, 0.29) is 23.7 Å². The Morgan fingerprint density at radius 1 is 1.21 bits per heavy atom. The maximum Gasteiger partial charge on any atom is 0.573 e. The van der Waals surface area contributed by atoms with Crippen molar-refractivity contribution in [2.24, 2.45) is 0 Å². The largest absolute Gasteiger partial charge is 0.573 e. The number of amides is 2. The Hall–Kier alpha value is -3.67. The van der Waals surface area contributed by atoms with Gasteiger partial charge in [0.05, 0.1) is 6.04 Å². The highest BCUT2D eigenvalue weighted by Crippen LogP contribution is 2.31. The smallest absolute Gasteiger partial charge is 0.406 e. The molecule has 4 rings (SSSR count). The normalized spacial score (nSPS) is 18.8. The molecule has 0 radical (unpaired) electrons. The number of benzene rings is 2. The second-order valence-corrected chi connectivity index (χ2v) is 7.53. The number of likely N-dealkylation sites (tertiary alicyclic amines) is 1. The van der Waals surface area contributed by atoms with Crippen LogP contribution in [0.15, 0.2) is 53.1 Å². The van der Waals surface area contributed by atoms with Gasteiger partial charge in [0.25, 0.3) is 0 Å². The molecule has 2 amide bonds. The molecule has 12 heteroatoms. The lowest BCUT2D eigenvalue weighted by molar-refractivity contribution is -0.274. The minimum absolute atomic E-state index is 0.220. The minimum Gasteiger partial charge on any atom is -0.406 e. The summed E-state index contributed by atoms with van der Waals surface area (Å²) in [6.07, 6.45) is -4.28. The molecule has 1 saturated heterocycles. The number of likely N-dealkylation sites (N-methyl/N-ethyl adjacent to an activating group) is 1. The van der Waals surface area contributed by atoms with Crippen LogP contribution in [-0.4, -0.2) is 47.1 Å². The van der Waals surface area contributed by atoms with Crippen molar-refractivity contribution in [3.63, 3.8) is 0 Å². The molecule has 8 nitrogen and oxygen atoms in total. The fraction of sp³-hybridized carbons (Fsp3) is 0.286. The van der Waals surface area contributed by atoms with Crippen molar-refractivity contribution < 1.29 is 31.6 Å². The van der Waals surface area contributed by atoms with Crippen LogP contribution in [0.3, 0.4) is 0 Å². The van der Waals surface area contributed by atoms with Gasteiger partial charge in [-0.15, -0.1) is 13.2 Å². The van der Waals surface area contributed by atoms with Crippen LogP contribution >= 0.6 is 0 Å². The number of halogens is 4. The molecule has 2 aromatic carbocycles. The van der Waals surface area contributed by atoms with Crippen LogP contribution in [-0.2, 0) is 0 Å². The summed E-state index contributed by atoms with van der Waals surface area (Å²) in [5, 5.41) is 9.32. The number of carbonyl (C=O) groups excluding carboxylic acids is 1. The van der Waals surface area contributed by atoms with Crippen LogP contribution in [0, 0.1) is 5.82 Å². The number of aromatic nitrogens is 2. The lowest BCUT2D eigenvalue weighted by Gasteiger charge is -2.14. The van der Waals surface area contributed by atoms with Gasteiger partial charge in [0.1, 0.15) is 11.6 Å². The van der Waals surface area contributed by atoms with Crippen molar-refractivity contribution in [3.8, 4) is 17.1 Å². The van der Waals surface area contributed by atoms with Crippen molar-refractivity contribution >= 4 is 11.7 Å². The van der Waals surface area contributed by atoms with Crippen LogP contribution in [0.4, 0.5) is 28.0 Å². The molecule has 1 aliphatic heterocycles. The number of nitrogens with one attached hydrogen (secondary N) is 2. The number of urea groups is 1. The summed E-state index contributed by atoms with van der Waals surface area (Å²) in [5.41, 5.74) is 0.799. The third-order valence-electron chi connectivity index (χ3n) is 5.04. The van der Waals surface area contributed by atoms with Crippen LogP contribution in [0.2, 0.25) is 0 Å². The van der Waals surface area contributed by atoms with Crippen molar-refractivity contribution in [1.29, 1.82) is 0 Å². The SMILES string of the molecule is CN1CC(NC(=O)Nc2cccc(F)c2)CC1c1nc(-c2ccc(OC(F)(F)F)cc2)no1. The number of hydrogen-bond acceptors (Lipinski definition) is 6. The summed E-state index contributed by atoms with van der Waals surface area (Å²) in [6, 6.07) is 9.74. The summed E-state index contributed by atoms with van der Waals surface area (Å²) in [6.45, 7) is 0.516. The van der Waals surface area contributed by atoms with Gasteiger partial charge in [-0.3, -0.25) is 4.90 Å². The Morgan fingerprint density at radius 2 is 1.97 bits per heavy atom. The maximum absolute atomic E-state index is 13.3. The molecule has 33 heavy (non-hydrogen) atoms. The van der Waals surface area contributed by atoms with E-state index in [9.17, 15) is 22.4 Å². The highest BCUT2D eigenvalue weighted by Gasteiger charge is 2.35. The first-order chi connectivity index (χ1) is 15.7. The quantitative estimate of drug-likeness (QED) is 0.545. The molecule has 1 aliphatic rings. The number of anilines is 1. The van der Waals surface area contributed by atoms with E-state index in [0.29, 0.717) is 30.1 Å². The zero-order valence-corrected chi connectivity index (χ0v) is 17.3. The van der Waals surface area contributed by atoms with Gasteiger partial charge in [-0.2, -0.15) is 4.98 Å². The lowest BCUT2D eigenvalue weighted by atomic mass is 10.1. The van der Waals surface area contributed by atoms with Gasteiger partial charge < -0.3 is 19.9 Å². The van der Waals surface area contributed by atoms with Crippen LogP contribution in [0.25, 0.3) is 11.4 Å². The Kier molecular flexibility index (Phi) is 6.18. The van der Waals surface area contributed by atoms with Gasteiger partial charge in [-0.1, -0.05) is 11.2 Å². The minimum atomic E-state index is -4.77. The first kappa shape index (κ1) is 22.5. The molecule has 0 aliphatic carbocycles. The van der Waals surface area contributed by atoms with Crippen LogP contribution in [0.5, 0.6) is 5.75 Å². The summed E-state index contributed by atoms with van der Waals surface area (Å²) in [7, 11) is 1.84. The van der Waals surface area contributed by atoms with Crippen molar-refractivity contribution in [3.05, 3.63) is 60.2 Å².